The first-order valence-corrected chi connectivity index (χ1v) is 5.36. The molecule has 0 fully saturated rings. The lowest BCUT2D eigenvalue weighted by atomic mass is 10.2. The summed E-state index contributed by atoms with van der Waals surface area (Å²) in [6, 6.07) is 9.13. The number of aromatic nitrogens is 1. The van der Waals surface area contributed by atoms with Gasteiger partial charge in [-0.2, -0.15) is 0 Å². The number of nitrogens with zero attached hydrogens (tertiary/aromatic N) is 1. The number of nitrogen functional groups attached to an aromatic ring is 1. The molecule has 4 nitrogen and oxygen atoms in total. The van der Waals surface area contributed by atoms with Gasteiger partial charge in [0.25, 0.3) is 5.91 Å². The summed E-state index contributed by atoms with van der Waals surface area (Å²) in [6.07, 6.45) is 0. The van der Waals surface area contributed by atoms with E-state index in [-0.39, 0.29) is 11.3 Å². The van der Waals surface area contributed by atoms with Crippen molar-refractivity contribution in [2.75, 3.05) is 11.1 Å². The molecule has 1 amide bonds. The molecule has 0 unspecified atom stereocenters. The SMILES string of the molecule is Cc1cccc(NC(=O)c2ccc(N)cc2F)n1. The van der Waals surface area contributed by atoms with Crippen LogP contribution in [0.25, 0.3) is 0 Å². The zero-order chi connectivity index (χ0) is 13.1. The van der Waals surface area contributed by atoms with Gasteiger partial charge in [-0.05, 0) is 37.3 Å². The van der Waals surface area contributed by atoms with Crippen molar-refractivity contribution in [3.63, 3.8) is 0 Å². The van der Waals surface area contributed by atoms with Gasteiger partial charge in [0, 0.05) is 11.4 Å². The van der Waals surface area contributed by atoms with E-state index in [2.05, 4.69) is 10.3 Å². The highest BCUT2D eigenvalue weighted by molar-refractivity contribution is 6.04. The summed E-state index contributed by atoms with van der Waals surface area (Å²) >= 11 is 0. The standard InChI is InChI=1S/C13H12FN3O/c1-8-3-2-4-12(16-8)17-13(18)10-6-5-9(15)7-11(10)14/h2-7H,15H2,1H3,(H,16,17,18). The number of benzene rings is 1. The van der Waals surface area contributed by atoms with Gasteiger partial charge in [-0.15, -0.1) is 0 Å². The maximum Gasteiger partial charge on any atom is 0.259 e. The van der Waals surface area contributed by atoms with Gasteiger partial charge < -0.3 is 11.1 Å². The summed E-state index contributed by atoms with van der Waals surface area (Å²) in [6.45, 7) is 1.81. The fourth-order valence-electron chi connectivity index (χ4n) is 1.51. The molecule has 0 atom stereocenters. The molecule has 1 aromatic carbocycles. The minimum atomic E-state index is -0.653. The number of hydrogen-bond donors (Lipinski definition) is 2. The van der Waals surface area contributed by atoms with E-state index in [0.717, 1.165) is 11.8 Å². The van der Waals surface area contributed by atoms with Crippen LogP contribution in [0.4, 0.5) is 15.9 Å². The van der Waals surface area contributed by atoms with Crippen LogP contribution in [0.15, 0.2) is 36.4 Å². The first-order chi connectivity index (χ1) is 8.56. The number of pyridine rings is 1. The van der Waals surface area contributed by atoms with Crippen LogP contribution in [0.2, 0.25) is 0 Å². The Morgan fingerprint density at radius 1 is 1.33 bits per heavy atom. The van der Waals surface area contributed by atoms with Crippen LogP contribution in [0.1, 0.15) is 16.1 Å². The largest absolute Gasteiger partial charge is 0.399 e. The smallest absolute Gasteiger partial charge is 0.259 e. The fraction of sp³-hybridized carbons (Fsp3) is 0.0769. The Bertz CT molecular complexity index is 599. The molecule has 0 bridgehead atoms. The van der Waals surface area contributed by atoms with Crippen LogP contribution in [-0.4, -0.2) is 10.9 Å². The van der Waals surface area contributed by atoms with Crippen LogP contribution >= 0.6 is 0 Å². The summed E-state index contributed by atoms with van der Waals surface area (Å²) in [5.74, 6) is -0.818. The Morgan fingerprint density at radius 2 is 2.11 bits per heavy atom. The second kappa shape index (κ2) is 4.83. The maximum absolute atomic E-state index is 13.5. The number of hydrogen-bond acceptors (Lipinski definition) is 3. The van der Waals surface area contributed by atoms with Crippen molar-refractivity contribution < 1.29 is 9.18 Å². The number of halogens is 1. The summed E-state index contributed by atoms with van der Waals surface area (Å²) in [7, 11) is 0. The van der Waals surface area contributed by atoms with Gasteiger partial charge in [0.1, 0.15) is 11.6 Å². The number of carbonyl (C=O) groups excluding carboxylic acids is 1. The molecule has 0 aliphatic carbocycles. The van der Waals surface area contributed by atoms with E-state index in [1.165, 1.54) is 12.1 Å². The lowest BCUT2D eigenvalue weighted by Gasteiger charge is -2.06. The van der Waals surface area contributed by atoms with E-state index < -0.39 is 11.7 Å². The average Bonchev–Trinajstić information content (AvgIpc) is 2.28. The molecule has 2 rings (SSSR count). The number of aryl methyl sites for hydroxylation is 1. The highest BCUT2D eigenvalue weighted by Gasteiger charge is 2.12. The molecule has 0 aliphatic rings. The predicted octanol–water partition coefficient (Wildman–Crippen LogP) is 2.36. The summed E-state index contributed by atoms with van der Waals surface area (Å²) < 4.78 is 13.5. The van der Waals surface area contributed by atoms with Crippen LogP contribution in [0.5, 0.6) is 0 Å². The molecule has 5 heteroatoms. The van der Waals surface area contributed by atoms with Crippen LogP contribution in [0.3, 0.4) is 0 Å². The highest BCUT2D eigenvalue weighted by atomic mass is 19.1. The molecule has 18 heavy (non-hydrogen) atoms. The maximum atomic E-state index is 13.5. The topological polar surface area (TPSA) is 68.0 Å². The molecule has 1 heterocycles. The monoisotopic (exact) mass is 245 g/mol. The number of nitrogens with two attached hydrogens (primary N) is 1. The number of nitrogens with one attached hydrogen (secondary N) is 1. The van der Waals surface area contributed by atoms with Gasteiger partial charge in [-0.1, -0.05) is 6.07 Å². The van der Waals surface area contributed by atoms with Crippen molar-refractivity contribution in [1.29, 1.82) is 0 Å². The Morgan fingerprint density at radius 3 is 2.78 bits per heavy atom. The van der Waals surface area contributed by atoms with Crippen molar-refractivity contribution >= 4 is 17.4 Å². The van der Waals surface area contributed by atoms with Crippen LogP contribution < -0.4 is 11.1 Å². The third-order valence-electron chi connectivity index (χ3n) is 2.37. The zero-order valence-corrected chi connectivity index (χ0v) is 9.77. The molecule has 0 saturated heterocycles. The number of rotatable bonds is 2. The number of amides is 1. The second-order valence-electron chi connectivity index (χ2n) is 3.86. The average molecular weight is 245 g/mol. The Balaban J connectivity index is 2.22. The summed E-state index contributed by atoms with van der Waals surface area (Å²) in [5.41, 5.74) is 6.40. The van der Waals surface area contributed by atoms with E-state index in [1.807, 2.05) is 0 Å². The van der Waals surface area contributed by atoms with E-state index >= 15 is 0 Å². The molecular weight excluding hydrogens is 233 g/mol. The molecule has 0 aliphatic heterocycles. The Labute approximate surface area is 104 Å². The molecule has 2 aromatic rings. The normalized spacial score (nSPS) is 10.1. The lowest BCUT2D eigenvalue weighted by molar-refractivity contribution is 0.102. The van der Waals surface area contributed by atoms with Crippen molar-refractivity contribution in [2.24, 2.45) is 0 Å². The first-order valence-electron chi connectivity index (χ1n) is 5.36. The number of carbonyl (C=O) groups is 1. The minimum Gasteiger partial charge on any atom is -0.399 e. The van der Waals surface area contributed by atoms with E-state index in [9.17, 15) is 9.18 Å². The third kappa shape index (κ3) is 2.63. The lowest BCUT2D eigenvalue weighted by Crippen LogP contribution is -2.15. The molecule has 1 aromatic heterocycles. The fourth-order valence-corrected chi connectivity index (χ4v) is 1.51. The molecular formula is C13H12FN3O. The Hall–Kier alpha value is -2.43. The van der Waals surface area contributed by atoms with E-state index in [4.69, 9.17) is 5.73 Å². The number of anilines is 2. The third-order valence-corrected chi connectivity index (χ3v) is 2.37. The van der Waals surface area contributed by atoms with Gasteiger partial charge in [0.2, 0.25) is 0 Å². The van der Waals surface area contributed by atoms with Gasteiger partial charge >= 0.3 is 0 Å². The zero-order valence-electron chi connectivity index (χ0n) is 9.77. The first kappa shape index (κ1) is 12.0. The second-order valence-corrected chi connectivity index (χ2v) is 3.86. The molecule has 0 radical (unpaired) electrons. The Kier molecular flexibility index (Phi) is 3.23. The van der Waals surface area contributed by atoms with Crippen molar-refractivity contribution in [3.8, 4) is 0 Å². The van der Waals surface area contributed by atoms with E-state index in [1.54, 1.807) is 25.1 Å². The van der Waals surface area contributed by atoms with E-state index in [0.29, 0.717) is 5.82 Å². The minimum absolute atomic E-state index is 0.0625. The predicted molar refractivity (Wildman–Crippen MR) is 67.7 cm³/mol. The molecule has 92 valence electrons. The van der Waals surface area contributed by atoms with Crippen molar-refractivity contribution in [1.82, 2.24) is 4.98 Å². The molecule has 0 saturated carbocycles. The molecule has 0 spiro atoms. The van der Waals surface area contributed by atoms with Crippen LogP contribution in [-0.2, 0) is 0 Å². The summed E-state index contributed by atoms with van der Waals surface area (Å²) in [5, 5.41) is 2.53. The van der Waals surface area contributed by atoms with Gasteiger partial charge in [0.15, 0.2) is 0 Å². The highest BCUT2D eigenvalue weighted by Crippen LogP contribution is 2.13. The molecule has 3 N–H and O–H groups in total. The van der Waals surface area contributed by atoms with Gasteiger partial charge in [0.05, 0.1) is 5.56 Å². The van der Waals surface area contributed by atoms with Gasteiger partial charge in [-0.3, -0.25) is 4.79 Å². The summed E-state index contributed by atoms with van der Waals surface area (Å²) in [4.78, 5) is 15.9. The van der Waals surface area contributed by atoms with Crippen LogP contribution in [0, 0.1) is 12.7 Å². The van der Waals surface area contributed by atoms with Crippen molar-refractivity contribution in [3.05, 3.63) is 53.5 Å². The van der Waals surface area contributed by atoms with Crippen molar-refractivity contribution in [2.45, 2.75) is 6.92 Å². The van der Waals surface area contributed by atoms with Gasteiger partial charge in [-0.25, -0.2) is 9.37 Å². The quantitative estimate of drug-likeness (QED) is 0.798.